The number of rotatable bonds is 10. The Labute approximate surface area is 179 Å². The van der Waals surface area contributed by atoms with Crippen molar-refractivity contribution in [3.8, 4) is 23.0 Å². The maximum Gasteiger partial charge on any atom is 0.244 e. The summed E-state index contributed by atoms with van der Waals surface area (Å²) in [4.78, 5) is 24.4. The molecule has 2 aromatic carbocycles. The Kier molecular flexibility index (Phi) is 8.71. The molecule has 0 saturated carbocycles. The molecule has 0 radical (unpaired) electrons. The number of ether oxygens (including phenoxy) is 2. The molecule has 0 heterocycles. The molecule has 2 aromatic rings. The normalized spacial score (nSPS) is 11.7. The molecule has 31 heavy (non-hydrogen) atoms. The number of hydrogen-bond donors (Lipinski definition) is 5. The summed E-state index contributed by atoms with van der Waals surface area (Å²) in [5.74, 6) is -0.454. The van der Waals surface area contributed by atoms with Crippen LogP contribution in [0.3, 0.4) is 0 Å². The van der Waals surface area contributed by atoms with Crippen molar-refractivity contribution in [1.82, 2.24) is 10.6 Å². The maximum absolute atomic E-state index is 12.2. The molecule has 5 N–H and O–H groups in total. The van der Waals surface area contributed by atoms with Crippen LogP contribution >= 0.6 is 0 Å². The van der Waals surface area contributed by atoms with Crippen LogP contribution in [0, 0.1) is 0 Å². The fourth-order valence-electron chi connectivity index (χ4n) is 2.73. The molecular weight excluding hydrogens is 404 g/mol. The number of methoxy groups -OCH3 is 2. The Morgan fingerprint density at radius 3 is 2.48 bits per heavy atom. The van der Waals surface area contributed by atoms with Gasteiger partial charge in [0.25, 0.3) is 0 Å². The van der Waals surface area contributed by atoms with Gasteiger partial charge in [-0.15, -0.1) is 0 Å². The van der Waals surface area contributed by atoms with Crippen molar-refractivity contribution in [3.63, 3.8) is 0 Å². The zero-order valence-corrected chi connectivity index (χ0v) is 17.3. The monoisotopic (exact) mass is 430 g/mol. The molecular formula is C22H26N2O7. The predicted octanol–water partition coefficient (Wildman–Crippen LogP) is 0.964. The van der Waals surface area contributed by atoms with E-state index < -0.39 is 24.5 Å². The topological polar surface area (TPSA) is 137 Å². The summed E-state index contributed by atoms with van der Waals surface area (Å²) < 4.78 is 10.4. The molecule has 9 heteroatoms. The Hall–Kier alpha value is -3.72. The molecule has 1 atom stereocenters. The predicted molar refractivity (Wildman–Crippen MR) is 114 cm³/mol. The van der Waals surface area contributed by atoms with E-state index in [0.717, 1.165) is 0 Å². The summed E-state index contributed by atoms with van der Waals surface area (Å²) in [5.41, 5.74) is 1.31. The van der Waals surface area contributed by atoms with Gasteiger partial charge < -0.3 is 35.4 Å². The van der Waals surface area contributed by atoms with Crippen molar-refractivity contribution < 1.29 is 34.4 Å². The lowest BCUT2D eigenvalue weighted by Crippen LogP contribution is -2.48. The Morgan fingerprint density at radius 2 is 1.84 bits per heavy atom. The zero-order chi connectivity index (χ0) is 22.8. The highest BCUT2D eigenvalue weighted by Crippen LogP contribution is 2.25. The van der Waals surface area contributed by atoms with Crippen LogP contribution in [0.1, 0.15) is 11.1 Å². The number of phenolic OH excluding ortho intramolecular Hbond substituents is 2. The first kappa shape index (κ1) is 23.6. The highest BCUT2D eigenvalue weighted by Gasteiger charge is 2.18. The maximum atomic E-state index is 12.2. The van der Waals surface area contributed by atoms with E-state index in [1.165, 1.54) is 38.5 Å². The van der Waals surface area contributed by atoms with Gasteiger partial charge >= 0.3 is 0 Å². The van der Waals surface area contributed by atoms with Gasteiger partial charge in [0.2, 0.25) is 11.8 Å². The smallest absolute Gasteiger partial charge is 0.244 e. The Bertz CT molecular complexity index is 943. The van der Waals surface area contributed by atoms with Crippen molar-refractivity contribution in [1.29, 1.82) is 0 Å². The minimum absolute atomic E-state index is 0.215. The van der Waals surface area contributed by atoms with Gasteiger partial charge in [-0.2, -0.15) is 0 Å². The van der Waals surface area contributed by atoms with Crippen LogP contribution in [0.5, 0.6) is 23.0 Å². The van der Waals surface area contributed by atoms with Gasteiger partial charge in [0.15, 0.2) is 11.5 Å². The van der Waals surface area contributed by atoms with Crippen molar-refractivity contribution in [3.05, 3.63) is 53.6 Å². The summed E-state index contributed by atoms with van der Waals surface area (Å²) >= 11 is 0. The zero-order valence-electron chi connectivity index (χ0n) is 17.3. The van der Waals surface area contributed by atoms with Gasteiger partial charge in [0.1, 0.15) is 17.5 Å². The molecule has 0 aliphatic carbocycles. The molecule has 0 spiro atoms. The largest absolute Gasteiger partial charge is 0.504 e. The molecule has 2 rings (SSSR count). The van der Waals surface area contributed by atoms with E-state index >= 15 is 0 Å². The van der Waals surface area contributed by atoms with Crippen LogP contribution in [0.4, 0.5) is 0 Å². The van der Waals surface area contributed by atoms with Crippen LogP contribution in [0.2, 0.25) is 0 Å². The number of carbonyl (C=O) groups excluding carboxylic acids is 2. The second-order valence-corrected chi connectivity index (χ2v) is 6.55. The molecule has 0 aromatic heterocycles. The highest BCUT2D eigenvalue weighted by molar-refractivity contribution is 5.95. The molecule has 0 aliphatic heterocycles. The number of aliphatic hydroxyl groups excluding tert-OH is 1. The fraction of sp³-hybridized carbons (Fsp3) is 0.273. The Balaban J connectivity index is 1.90. The van der Waals surface area contributed by atoms with Crippen LogP contribution in [0.15, 0.2) is 42.5 Å². The van der Waals surface area contributed by atoms with E-state index in [1.54, 1.807) is 24.3 Å². The van der Waals surface area contributed by atoms with Crippen molar-refractivity contribution in [2.45, 2.75) is 12.5 Å². The average Bonchev–Trinajstić information content (AvgIpc) is 2.77. The number of nitrogens with one attached hydrogen (secondary N) is 2. The van der Waals surface area contributed by atoms with Gasteiger partial charge in [0.05, 0.1) is 20.8 Å². The minimum Gasteiger partial charge on any atom is -0.504 e. The van der Waals surface area contributed by atoms with E-state index in [4.69, 9.17) is 9.47 Å². The van der Waals surface area contributed by atoms with Crippen LogP contribution in [0.25, 0.3) is 6.08 Å². The lowest BCUT2D eigenvalue weighted by molar-refractivity contribution is -0.128. The van der Waals surface area contributed by atoms with Gasteiger partial charge in [-0.05, 0) is 48.4 Å². The number of carbonyl (C=O) groups is 2. The fourth-order valence-corrected chi connectivity index (χ4v) is 2.73. The first-order valence-corrected chi connectivity index (χ1v) is 9.48. The molecule has 0 fully saturated rings. The average molecular weight is 430 g/mol. The van der Waals surface area contributed by atoms with Crippen LogP contribution in [-0.2, 0) is 16.0 Å². The standard InChI is InChI=1S/C22H26N2O7/c1-30-16-5-7-20(31-2)15(12-16)4-8-21(28)24-17(13-25)22(29)23-10-9-14-3-6-18(26)19(27)11-14/h3-8,11-12,17,25-27H,9-10,13H2,1-2H3,(H,23,29)(H,24,28)/b8-4+/t17-/m0/s1. The van der Waals surface area contributed by atoms with Crippen molar-refractivity contribution >= 4 is 17.9 Å². The van der Waals surface area contributed by atoms with Crippen LogP contribution < -0.4 is 20.1 Å². The van der Waals surface area contributed by atoms with Gasteiger partial charge in [-0.25, -0.2) is 0 Å². The van der Waals surface area contributed by atoms with Crippen LogP contribution in [-0.4, -0.2) is 60.5 Å². The first-order valence-electron chi connectivity index (χ1n) is 9.48. The Morgan fingerprint density at radius 1 is 1.06 bits per heavy atom. The van der Waals surface area contributed by atoms with E-state index in [1.807, 2.05) is 0 Å². The van der Waals surface area contributed by atoms with E-state index in [0.29, 0.717) is 29.0 Å². The van der Waals surface area contributed by atoms with E-state index in [-0.39, 0.29) is 18.0 Å². The third-order valence-corrected chi connectivity index (χ3v) is 4.42. The SMILES string of the molecule is COc1ccc(OC)c(/C=C/C(=O)N[C@@H](CO)C(=O)NCCc2ccc(O)c(O)c2)c1. The molecule has 2 amide bonds. The third kappa shape index (κ3) is 6.93. The number of hydrogen-bond acceptors (Lipinski definition) is 7. The van der Waals surface area contributed by atoms with Gasteiger partial charge in [-0.1, -0.05) is 6.07 Å². The first-order chi connectivity index (χ1) is 14.9. The number of benzene rings is 2. The summed E-state index contributed by atoms with van der Waals surface area (Å²) in [6.07, 6.45) is 3.13. The lowest BCUT2D eigenvalue weighted by atomic mass is 10.1. The summed E-state index contributed by atoms with van der Waals surface area (Å²) in [7, 11) is 3.03. The second kappa shape index (κ2) is 11.5. The number of phenols is 2. The third-order valence-electron chi connectivity index (χ3n) is 4.42. The molecule has 0 saturated heterocycles. The molecule has 0 unspecified atom stereocenters. The quantitative estimate of drug-likeness (QED) is 0.280. The van der Waals surface area contributed by atoms with E-state index in [2.05, 4.69) is 10.6 Å². The number of amides is 2. The lowest BCUT2D eigenvalue weighted by Gasteiger charge is -2.15. The molecule has 0 aliphatic rings. The van der Waals surface area contributed by atoms with Crippen molar-refractivity contribution in [2.24, 2.45) is 0 Å². The molecule has 0 bridgehead atoms. The minimum atomic E-state index is -1.13. The highest BCUT2D eigenvalue weighted by atomic mass is 16.5. The summed E-state index contributed by atoms with van der Waals surface area (Å²) in [6.45, 7) is -0.361. The number of aliphatic hydroxyl groups is 1. The second-order valence-electron chi connectivity index (χ2n) is 6.55. The molecule has 9 nitrogen and oxygen atoms in total. The van der Waals surface area contributed by atoms with Gasteiger partial charge in [-0.3, -0.25) is 9.59 Å². The molecule has 166 valence electrons. The summed E-state index contributed by atoms with van der Waals surface area (Å²) in [6, 6.07) is 8.36. The number of aromatic hydroxyl groups is 2. The van der Waals surface area contributed by atoms with Gasteiger partial charge in [0, 0.05) is 18.2 Å². The van der Waals surface area contributed by atoms with E-state index in [9.17, 15) is 24.9 Å². The summed E-state index contributed by atoms with van der Waals surface area (Å²) in [5, 5.41) is 33.3. The van der Waals surface area contributed by atoms with Crippen molar-refractivity contribution in [2.75, 3.05) is 27.4 Å².